The number of ketones is 1. The summed E-state index contributed by atoms with van der Waals surface area (Å²) in [6, 6.07) is 9.33. The van der Waals surface area contributed by atoms with Crippen LogP contribution in [0.15, 0.2) is 71.6 Å². The number of nitrogens with one attached hydrogen (secondary N) is 1. The van der Waals surface area contributed by atoms with Crippen LogP contribution in [0.4, 0.5) is 5.69 Å². The standard InChI is InChI=1S/C48H60N2O14/c1-25-16-15-17-26(2)47(58)50-38-33(24-49-62-22-14-13-21-60-32-18-11-10-12-19-32)42(55)35-36(43(38)56)41(54)30(6)45-37(35)46(57)48(8,64-45)61-23-20-34(59-9)27(3)44(63-31(7)51)29(5)40(53)28(4)39(25)52/h10-12,15-20,23-25,27-29,34,39-40,44,52-56H,13-14,21-22H2,1-9H3,(H,50,58)/b16-15+,23-20+,26-17-,49-24+/t25-,27+,28+,29+,34-,39-,40+,44+,48-/m0/s1. The Morgan fingerprint density at radius 1 is 0.906 bits per heavy atom. The first-order chi connectivity index (χ1) is 30.3. The van der Waals surface area contributed by atoms with Crippen molar-refractivity contribution in [2.24, 2.45) is 28.8 Å². The molecule has 3 aromatic carbocycles. The number of para-hydroxylation sites is 1. The lowest BCUT2D eigenvalue weighted by Crippen LogP contribution is -2.46. The van der Waals surface area contributed by atoms with E-state index in [1.54, 1.807) is 39.8 Å². The second-order valence-electron chi connectivity index (χ2n) is 16.6. The number of nitrogens with zero attached hydrogens (tertiary/aromatic N) is 1. The second kappa shape index (κ2) is 21.1. The van der Waals surface area contributed by atoms with E-state index in [9.17, 15) is 39.9 Å². The van der Waals surface area contributed by atoms with Gasteiger partial charge in [0, 0.05) is 61.2 Å². The lowest BCUT2D eigenvalue weighted by Gasteiger charge is -2.38. The van der Waals surface area contributed by atoms with Crippen LogP contribution in [0.25, 0.3) is 10.8 Å². The highest BCUT2D eigenvalue weighted by molar-refractivity contribution is 6.23. The number of rotatable bonds is 10. The maximum absolute atomic E-state index is 14.4. The number of benzene rings is 3. The van der Waals surface area contributed by atoms with Gasteiger partial charge < -0.3 is 59.4 Å². The highest BCUT2D eigenvalue weighted by Gasteiger charge is 2.50. The van der Waals surface area contributed by atoms with Gasteiger partial charge in [0.15, 0.2) is 5.75 Å². The number of fused-ring (bicyclic) bond motifs is 14. The van der Waals surface area contributed by atoms with Gasteiger partial charge in [-0.2, -0.15) is 0 Å². The summed E-state index contributed by atoms with van der Waals surface area (Å²) in [6.07, 6.45) is 5.66. The number of allylic oxidation sites excluding steroid dienone is 2. The maximum atomic E-state index is 14.4. The first-order valence-electron chi connectivity index (χ1n) is 21.3. The molecule has 0 spiro atoms. The largest absolute Gasteiger partial charge is 0.507 e. The number of ether oxygens (including phenoxy) is 5. The Hall–Kier alpha value is -6.10. The van der Waals surface area contributed by atoms with Crippen LogP contribution in [-0.4, -0.2) is 99.9 Å². The average Bonchev–Trinajstić information content (AvgIpc) is 3.53. The number of anilines is 1. The molecule has 16 nitrogen and oxygen atoms in total. The Kier molecular flexibility index (Phi) is 16.1. The van der Waals surface area contributed by atoms with Gasteiger partial charge in [-0.15, -0.1) is 0 Å². The first-order valence-corrected chi connectivity index (χ1v) is 21.3. The Labute approximate surface area is 372 Å². The molecule has 6 N–H and O–H groups in total. The summed E-state index contributed by atoms with van der Waals surface area (Å²) >= 11 is 0. The van der Waals surface area contributed by atoms with Gasteiger partial charge in [-0.05, 0) is 44.9 Å². The van der Waals surface area contributed by atoms with Crippen molar-refractivity contribution >= 4 is 40.3 Å². The normalized spacial score (nSPS) is 28.5. The first kappa shape index (κ1) is 48.9. The summed E-state index contributed by atoms with van der Waals surface area (Å²) < 4.78 is 29.3. The number of oxime groups is 1. The molecular weight excluding hydrogens is 829 g/mol. The van der Waals surface area contributed by atoms with Crippen LogP contribution in [0, 0.1) is 30.6 Å². The van der Waals surface area contributed by atoms with Crippen LogP contribution < -0.4 is 14.8 Å². The van der Waals surface area contributed by atoms with E-state index in [0.717, 1.165) is 12.0 Å². The fourth-order valence-corrected chi connectivity index (χ4v) is 7.99. The van der Waals surface area contributed by atoms with Crippen LogP contribution in [-0.2, 0) is 28.6 Å². The zero-order chi connectivity index (χ0) is 47.0. The van der Waals surface area contributed by atoms with Crippen molar-refractivity contribution < 1.29 is 68.4 Å². The Morgan fingerprint density at radius 2 is 1.59 bits per heavy atom. The van der Waals surface area contributed by atoms with E-state index in [0.29, 0.717) is 19.4 Å². The predicted molar refractivity (Wildman–Crippen MR) is 239 cm³/mol. The Bertz CT molecular complexity index is 2310. The van der Waals surface area contributed by atoms with Crippen LogP contribution in [0.1, 0.15) is 82.8 Å². The maximum Gasteiger partial charge on any atom is 0.312 e. The highest BCUT2D eigenvalue weighted by Crippen LogP contribution is 2.55. The summed E-state index contributed by atoms with van der Waals surface area (Å²) in [7, 11) is 1.43. The van der Waals surface area contributed by atoms with Crippen molar-refractivity contribution in [3.05, 3.63) is 83.2 Å². The van der Waals surface area contributed by atoms with Gasteiger partial charge in [-0.1, -0.05) is 69.3 Å². The van der Waals surface area contributed by atoms with E-state index in [4.69, 9.17) is 28.5 Å². The number of carbonyl (C=O) groups excluding carboxylic acids is 3. The smallest absolute Gasteiger partial charge is 0.312 e. The molecule has 3 aliphatic heterocycles. The van der Waals surface area contributed by atoms with Crippen molar-refractivity contribution in [2.45, 2.75) is 98.4 Å². The molecule has 0 saturated carbocycles. The molecule has 3 aliphatic rings. The minimum absolute atomic E-state index is 0.0255. The van der Waals surface area contributed by atoms with E-state index in [-0.39, 0.29) is 51.1 Å². The van der Waals surface area contributed by atoms with E-state index in [1.807, 2.05) is 30.3 Å². The minimum Gasteiger partial charge on any atom is -0.507 e. The summed E-state index contributed by atoms with van der Waals surface area (Å²) in [5.74, 6) is -8.02. The van der Waals surface area contributed by atoms with Crippen molar-refractivity contribution in [2.75, 3.05) is 25.6 Å². The molecule has 0 saturated heterocycles. The molecule has 346 valence electrons. The van der Waals surface area contributed by atoms with Gasteiger partial charge in [0.25, 0.3) is 11.7 Å². The fourth-order valence-electron chi connectivity index (χ4n) is 7.99. The molecule has 6 rings (SSSR count). The Morgan fingerprint density at radius 3 is 2.27 bits per heavy atom. The molecule has 0 aliphatic carbocycles. The SMILES string of the molecule is CO[C@H]1/C=C/O[C@@]2(C)Oc3c(C)c(O)c4c(O)c(c(/C=N/OCCCCOc5ccccc5)c(O)c4c3C2=O)NC(=O)/C(C)=C\C=C\[C@H](C)[C@H](O)[C@@H](C)[C@@H](O)[C@@H](C)[C@H](OC(C)=O)[C@@H]1C. The number of esters is 1. The molecule has 64 heavy (non-hydrogen) atoms. The molecule has 0 radical (unpaired) electrons. The van der Waals surface area contributed by atoms with Gasteiger partial charge >= 0.3 is 11.8 Å². The van der Waals surface area contributed by atoms with Crippen LogP contribution >= 0.6 is 0 Å². The van der Waals surface area contributed by atoms with Crippen LogP contribution in [0.3, 0.4) is 0 Å². The molecule has 1 amide bonds. The summed E-state index contributed by atoms with van der Waals surface area (Å²) in [4.78, 5) is 46.0. The summed E-state index contributed by atoms with van der Waals surface area (Å²) in [5.41, 5.74) is -0.669. The monoisotopic (exact) mass is 888 g/mol. The topological polar surface area (TPSA) is 232 Å². The zero-order valence-corrected chi connectivity index (χ0v) is 37.7. The lowest BCUT2D eigenvalue weighted by molar-refractivity contribution is -0.160. The van der Waals surface area contributed by atoms with Crippen LogP contribution in [0.2, 0.25) is 0 Å². The molecule has 0 aromatic heterocycles. The van der Waals surface area contributed by atoms with E-state index in [2.05, 4.69) is 10.5 Å². The van der Waals surface area contributed by atoms with Gasteiger partial charge in [0.2, 0.25) is 0 Å². The third kappa shape index (κ3) is 10.5. The number of hydrogen-bond acceptors (Lipinski definition) is 15. The van der Waals surface area contributed by atoms with Gasteiger partial charge in [0.1, 0.15) is 35.7 Å². The molecule has 3 aromatic rings. The highest BCUT2D eigenvalue weighted by atomic mass is 16.7. The van der Waals surface area contributed by atoms with Crippen molar-refractivity contribution in [3.63, 3.8) is 0 Å². The quantitative estimate of drug-likeness (QED) is 0.0302. The number of phenolic OH excluding ortho intramolecular Hbond substituents is 3. The number of carbonyl (C=O) groups is 3. The number of phenols is 3. The summed E-state index contributed by atoms with van der Waals surface area (Å²) in [6.45, 7) is 13.0. The molecule has 16 heteroatoms. The second-order valence-corrected chi connectivity index (χ2v) is 16.6. The number of methoxy groups -OCH3 is 1. The zero-order valence-electron chi connectivity index (χ0n) is 37.7. The number of amides is 1. The summed E-state index contributed by atoms with van der Waals surface area (Å²) in [5, 5.41) is 64.4. The van der Waals surface area contributed by atoms with Gasteiger partial charge in [0.05, 0.1) is 59.6 Å². The molecule has 3 heterocycles. The Balaban J connectivity index is 1.59. The van der Waals surface area contributed by atoms with Crippen LogP contribution in [0.5, 0.6) is 28.7 Å². The van der Waals surface area contributed by atoms with Crippen molar-refractivity contribution in [1.29, 1.82) is 0 Å². The molecule has 0 unspecified atom stereocenters. The predicted octanol–water partition coefficient (Wildman–Crippen LogP) is 6.96. The molecular formula is C48H60N2O14. The van der Waals surface area contributed by atoms with E-state index in [1.165, 1.54) is 53.2 Å². The third-order valence-corrected chi connectivity index (χ3v) is 11.9. The number of Topliss-reactive ketones (excluding diaryl/α,β-unsaturated/α-hetero) is 1. The number of aromatic hydroxyl groups is 3. The van der Waals surface area contributed by atoms with Gasteiger partial charge in [-0.25, -0.2) is 0 Å². The van der Waals surface area contributed by atoms with E-state index >= 15 is 0 Å². The van der Waals surface area contributed by atoms with E-state index < -0.39 is 88.8 Å². The van der Waals surface area contributed by atoms with Gasteiger partial charge in [-0.3, -0.25) is 14.4 Å². The number of hydrogen-bond donors (Lipinski definition) is 6. The lowest BCUT2D eigenvalue weighted by atomic mass is 9.78. The molecule has 9 atom stereocenters. The number of aliphatic hydroxyl groups is 2. The van der Waals surface area contributed by atoms with Crippen molar-refractivity contribution in [3.8, 4) is 28.7 Å². The third-order valence-electron chi connectivity index (χ3n) is 11.9. The fraction of sp³-hybridized carbons (Fsp3) is 0.458. The molecule has 0 fully saturated rings. The average molecular weight is 889 g/mol. The minimum atomic E-state index is -2.08. The van der Waals surface area contributed by atoms with Crippen molar-refractivity contribution in [1.82, 2.24) is 0 Å². The number of unbranched alkanes of at least 4 members (excludes halogenated alkanes) is 1. The number of aliphatic hydroxyl groups excluding tert-OH is 2. The molecule has 5 bridgehead atoms.